The van der Waals surface area contributed by atoms with Crippen molar-refractivity contribution in [3.05, 3.63) is 23.8 Å². The van der Waals surface area contributed by atoms with E-state index in [9.17, 15) is 5.11 Å². The molecule has 6 atom stereocenters. The van der Waals surface area contributed by atoms with Crippen LogP contribution in [-0.4, -0.2) is 11.2 Å². The van der Waals surface area contributed by atoms with Crippen LogP contribution < -0.4 is 0 Å². The standard InChI is InChI=1S/C15H22O/c1-9(10(2)16)6-11-7-12-8-15(11)14-5-3-4-13(12)14/h3-4,6,9-10,12-16H,5,7-8H2,1-2H3/b11-6+/t9?,10?,12?,13-,14-,15?/m1/s1. The zero-order valence-corrected chi connectivity index (χ0v) is 10.3. The summed E-state index contributed by atoms with van der Waals surface area (Å²) in [4.78, 5) is 0. The van der Waals surface area contributed by atoms with E-state index in [-0.39, 0.29) is 6.10 Å². The topological polar surface area (TPSA) is 20.2 Å². The Hall–Kier alpha value is -0.560. The van der Waals surface area contributed by atoms with Gasteiger partial charge in [-0.2, -0.15) is 0 Å². The molecule has 2 fully saturated rings. The van der Waals surface area contributed by atoms with Gasteiger partial charge in [-0.3, -0.25) is 0 Å². The van der Waals surface area contributed by atoms with Crippen LogP contribution in [0, 0.1) is 29.6 Å². The Morgan fingerprint density at radius 3 is 3.00 bits per heavy atom. The molecule has 0 amide bonds. The molecular weight excluding hydrogens is 196 g/mol. The molecule has 3 aliphatic rings. The van der Waals surface area contributed by atoms with Gasteiger partial charge in [0.05, 0.1) is 6.10 Å². The third-order valence-electron chi connectivity index (χ3n) is 5.09. The second-order valence-electron chi connectivity index (χ2n) is 6.05. The molecule has 0 heterocycles. The van der Waals surface area contributed by atoms with E-state index in [1.165, 1.54) is 19.3 Å². The molecule has 2 saturated carbocycles. The highest BCUT2D eigenvalue weighted by Crippen LogP contribution is 2.58. The molecule has 1 heteroatoms. The van der Waals surface area contributed by atoms with Crippen molar-refractivity contribution in [2.75, 3.05) is 0 Å². The van der Waals surface area contributed by atoms with Crippen molar-refractivity contribution < 1.29 is 5.11 Å². The molecule has 88 valence electrons. The molecule has 0 radical (unpaired) electrons. The SMILES string of the molecule is CC(O)C(C)/C=C1\CC2CC1[C@@H]1CC=C[C@H]21. The molecule has 3 rings (SSSR count). The van der Waals surface area contributed by atoms with Crippen LogP contribution in [0.1, 0.15) is 33.1 Å². The molecule has 1 N–H and O–H groups in total. The lowest BCUT2D eigenvalue weighted by atomic mass is 9.77. The third kappa shape index (κ3) is 1.48. The van der Waals surface area contributed by atoms with Crippen LogP contribution in [-0.2, 0) is 0 Å². The lowest BCUT2D eigenvalue weighted by Crippen LogP contribution is -2.20. The Morgan fingerprint density at radius 2 is 2.25 bits per heavy atom. The monoisotopic (exact) mass is 218 g/mol. The van der Waals surface area contributed by atoms with Gasteiger partial charge in [-0.15, -0.1) is 0 Å². The van der Waals surface area contributed by atoms with Gasteiger partial charge in [0.2, 0.25) is 0 Å². The fourth-order valence-electron chi connectivity index (χ4n) is 4.06. The second-order valence-corrected chi connectivity index (χ2v) is 6.05. The largest absolute Gasteiger partial charge is 0.393 e. The van der Waals surface area contributed by atoms with E-state index in [4.69, 9.17) is 0 Å². The number of hydrogen-bond acceptors (Lipinski definition) is 1. The quantitative estimate of drug-likeness (QED) is 0.706. The average Bonchev–Trinajstić information content (AvgIpc) is 2.87. The van der Waals surface area contributed by atoms with Gasteiger partial charge in [0.15, 0.2) is 0 Å². The summed E-state index contributed by atoms with van der Waals surface area (Å²) in [6.07, 6.45) is 11.0. The first-order valence-electron chi connectivity index (χ1n) is 6.72. The lowest BCUT2D eigenvalue weighted by molar-refractivity contribution is 0.156. The fraction of sp³-hybridized carbons (Fsp3) is 0.733. The Bertz CT molecular complexity index is 339. The molecule has 0 aromatic rings. The molecule has 2 bridgehead atoms. The predicted molar refractivity (Wildman–Crippen MR) is 65.9 cm³/mol. The first-order valence-corrected chi connectivity index (χ1v) is 6.72. The van der Waals surface area contributed by atoms with E-state index in [0.29, 0.717) is 5.92 Å². The number of aliphatic hydroxyl groups excluding tert-OH is 1. The van der Waals surface area contributed by atoms with Crippen molar-refractivity contribution in [2.45, 2.75) is 39.2 Å². The van der Waals surface area contributed by atoms with Crippen molar-refractivity contribution >= 4 is 0 Å². The summed E-state index contributed by atoms with van der Waals surface area (Å²) in [5.74, 6) is 3.88. The van der Waals surface area contributed by atoms with Crippen molar-refractivity contribution in [3.8, 4) is 0 Å². The van der Waals surface area contributed by atoms with Gasteiger partial charge in [0, 0.05) is 0 Å². The van der Waals surface area contributed by atoms with Crippen molar-refractivity contribution in [1.82, 2.24) is 0 Å². The molecule has 0 spiro atoms. The maximum absolute atomic E-state index is 9.58. The minimum absolute atomic E-state index is 0.205. The van der Waals surface area contributed by atoms with Gasteiger partial charge in [0.1, 0.15) is 0 Å². The molecule has 0 aromatic heterocycles. The first-order chi connectivity index (χ1) is 7.66. The maximum Gasteiger partial charge on any atom is 0.0572 e. The number of hydrogen-bond donors (Lipinski definition) is 1. The highest BCUT2D eigenvalue weighted by molar-refractivity contribution is 5.26. The van der Waals surface area contributed by atoms with E-state index >= 15 is 0 Å². The van der Waals surface area contributed by atoms with Crippen LogP contribution in [0.25, 0.3) is 0 Å². The van der Waals surface area contributed by atoms with Gasteiger partial charge in [-0.1, -0.05) is 30.7 Å². The lowest BCUT2D eigenvalue weighted by Gasteiger charge is -2.27. The van der Waals surface area contributed by atoms with Crippen molar-refractivity contribution in [3.63, 3.8) is 0 Å². The number of aliphatic hydroxyl groups is 1. The van der Waals surface area contributed by atoms with E-state index in [2.05, 4.69) is 25.2 Å². The van der Waals surface area contributed by atoms with Crippen LogP contribution in [0.5, 0.6) is 0 Å². The van der Waals surface area contributed by atoms with Crippen LogP contribution in [0.15, 0.2) is 23.8 Å². The van der Waals surface area contributed by atoms with Gasteiger partial charge >= 0.3 is 0 Å². The fourth-order valence-corrected chi connectivity index (χ4v) is 4.06. The van der Waals surface area contributed by atoms with Crippen LogP contribution in [0.4, 0.5) is 0 Å². The first kappa shape index (κ1) is 10.6. The predicted octanol–water partition coefficient (Wildman–Crippen LogP) is 3.16. The van der Waals surface area contributed by atoms with Crippen LogP contribution in [0.3, 0.4) is 0 Å². The summed E-state index contributed by atoms with van der Waals surface area (Å²) in [5, 5.41) is 9.58. The molecule has 1 nitrogen and oxygen atoms in total. The summed E-state index contributed by atoms with van der Waals surface area (Å²) in [7, 11) is 0. The minimum Gasteiger partial charge on any atom is -0.393 e. The smallest absolute Gasteiger partial charge is 0.0572 e. The van der Waals surface area contributed by atoms with Gasteiger partial charge in [0.25, 0.3) is 0 Å². The molecule has 16 heavy (non-hydrogen) atoms. The maximum atomic E-state index is 9.58. The summed E-state index contributed by atoms with van der Waals surface area (Å²) >= 11 is 0. The molecule has 0 aromatic carbocycles. The molecule has 0 saturated heterocycles. The van der Waals surface area contributed by atoms with Crippen LogP contribution in [0.2, 0.25) is 0 Å². The van der Waals surface area contributed by atoms with Crippen molar-refractivity contribution in [1.29, 1.82) is 0 Å². The van der Waals surface area contributed by atoms with Gasteiger partial charge in [-0.25, -0.2) is 0 Å². The Balaban J connectivity index is 1.77. The zero-order chi connectivity index (χ0) is 11.3. The van der Waals surface area contributed by atoms with Crippen molar-refractivity contribution in [2.24, 2.45) is 29.6 Å². The summed E-state index contributed by atoms with van der Waals surface area (Å²) in [6.45, 7) is 4.03. The summed E-state index contributed by atoms with van der Waals surface area (Å²) in [6, 6.07) is 0. The van der Waals surface area contributed by atoms with Gasteiger partial charge < -0.3 is 5.11 Å². The van der Waals surface area contributed by atoms with E-state index < -0.39 is 0 Å². The van der Waals surface area contributed by atoms with E-state index in [1.54, 1.807) is 5.57 Å². The minimum atomic E-state index is -0.205. The van der Waals surface area contributed by atoms with E-state index in [1.807, 2.05) is 6.92 Å². The molecule has 3 aliphatic carbocycles. The zero-order valence-electron chi connectivity index (χ0n) is 10.3. The molecule has 0 aliphatic heterocycles. The Kier molecular flexibility index (Phi) is 2.47. The highest BCUT2D eigenvalue weighted by Gasteiger charge is 2.49. The summed E-state index contributed by atoms with van der Waals surface area (Å²) in [5.41, 5.74) is 1.66. The molecular formula is C15H22O. The third-order valence-corrected chi connectivity index (χ3v) is 5.09. The highest BCUT2D eigenvalue weighted by atomic mass is 16.3. The average molecular weight is 218 g/mol. The Morgan fingerprint density at radius 1 is 1.44 bits per heavy atom. The normalized spacial score (nSPS) is 46.3. The van der Waals surface area contributed by atoms with Crippen LogP contribution >= 0.6 is 0 Å². The number of fused-ring (bicyclic) bond motifs is 5. The van der Waals surface area contributed by atoms with Gasteiger partial charge in [-0.05, 0) is 55.8 Å². The molecule has 4 unspecified atom stereocenters. The van der Waals surface area contributed by atoms with E-state index in [0.717, 1.165) is 23.7 Å². The second kappa shape index (κ2) is 3.73. The number of allylic oxidation sites excluding steroid dienone is 3. The summed E-state index contributed by atoms with van der Waals surface area (Å²) < 4.78 is 0. The number of rotatable bonds is 2. The Labute approximate surface area is 98.2 Å².